The highest BCUT2D eigenvalue weighted by atomic mass is 16.5. The predicted molar refractivity (Wildman–Crippen MR) is 94.2 cm³/mol. The van der Waals surface area contributed by atoms with Gasteiger partial charge in [-0.25, -0.2) is 4.79 Å². The summed E-state index contributed by atoms with van der Waals surface area (Å²) in [6.07, 6.45) is -1.02. The van der Waals surface area contributed by atoms with Crippen LogP contribution in [0.5, 0.6) is 11.5 Å². The van der Waals surface area contributed by atoms with Crippen molar-refractivity contribution in [3.05, 3.63) is 53.6 Å². The molecule has 0 aliphatic rings. The summed E-state index contributed by atoms with van der Waals surface area (Å²) in [6.45, 7) is 1.47. The van der Waals surface area contributed by atoms with E-state index in [1.807, 2.05) is 6.07 Å². The Kier molecular flexibility index (Phi) is 6.17. The zero-order chi connectivity index (χ0) is 19.1. The SMILES string of the molecule is COc1cc(OC)cc(C(=O)O[C@@H](C)C(=O)Nc2ccc(C#N)cc2)c1. The van der Waals surface area contributed by atoms with Gasteiger partial charge in [-0.05, 0) is 43.3 Å². The number of nitrogens with zero attached hydrogens (tertiary/aromatic N) is 1. The summed E-state index contributed by atoms with van der Waals surface area (Å²) in [4.78, 5) is 24.5. The summed E-state index contributed by atoms with van der Waals surface area (Å²) >= 11 is 0. The smallest absolute Gasteiger partial charge is 0.339 e. The molecule has 0 bridgehead atoms. The van der Waals surface area contributed by atoms with Gasteiger partial charge in [-0.1, -0.05) is 0 Å². The van der Waals surface area contributed by atoms with Gasteiger partial charge in [-0.15, -0.1) is 0 Å². The molecule has 1 amide bonds. The zero-order valence-corrected chi connectivity index (χ0v) is 14.6. The molecule has 0 radical (unpaired) electrons. The highest BCUT2D eigenvalue weighted by Gasteiger charge is 2.20. The van der Waals surface area contributed by atoms with E-state index in [4.69, 9.17) is 19.5 Å². The van der Waals surface area contributed by atoms with Gasteiger partial charge in [-0.3, -0.25) is 4.79 Å². The summed E-state index contributed by atoms with van der Waals surface area (Å²) in [5.74, 6) is -0.292. The number of methoxy groups -OCH3 is 2. The number of amides is 1. The zero-order valence-electron chi connectivity index (χ0n) is 14.6. The molecule has 134 valence electrons. The lowest BCUT2D eigenvalue weighted by atomic mass is 10.2. The van der Waals surface area contributed by atoms with E-state index < -0.39 is 18.0 Å². The number of carbonyl (C=O) groups is 2. The summed E-state index contributed by atoms with van der Waals surface area (Å²) < 4.78 is 15.4. The third-order valence-electron chi connectivity index (χ3n) is 3.52. The van der Waals surface area contributed by atoms with E-state index in [9.17, 15) is 9.59 Å². The minimum absolute atomic E-state index is 0.208. The second-order valence-electron chi connectivity index (χ2n) is 5.33. The van der Waals surface area contributed by atoms with Gasteiger partial charge in [0.15, 0.2) is 6.10 Å². The lowest BCUT2D eigenvalue weighted by Crippen LogP contribution is -2.30. The number of carbonyl (C=O) groups excluding carboxylic acids is 2. The van der Waals surface area contributed by atoms with E-state index in [1.165, 1.54) is 33.3 Å². The first-order valence-electron chi connectivity index (χ1n) is 7.72. The van der Waals surface area contributed by atoms with E-state index in [-0.39, 0.29) is 5.56 Å². The van der Waals surface area contributed by atoms with Crippen LogP contribution in [0.2, 0.25) is 0 Å². The largest absolute Gasteiger partial charge is 0.497 e. The molecule has 0 saturated carbocycles. The van der Waals surface area contributed by atoms with Crippen molar-refractivity contribution in [2.24, 2.45) is 0 Å². The second kappa shape index (κ2) is 8.53. The van der Waals surface area contributed by atoms with Gasteiger partial charge in [0.05, 0.1) is 31.4 Å². The molecule has 26 heavy (non-hydrogen) atoms. The van der Waals surface area contributed by atoms with Crippen LogP contribution in [-0.2, 0) is 9.53 Å². The van der Waals surface area contributed by atoms with Gasteiger partial charge in [0.2, 0.25) is 0 Å². The molecule has 0 fully saturated rings. The first-order chi connectivity index (χ1) is 12.5. The number of benzene rings is 2. The molecule has 7 heteroatoms. The van der Waals surface area contributed by atoms with Crippen LogP contribution in [0.3, 0.4) is 0 Å². The van der Waals surface area contributed by atoms with Crippen molar-refractivity contribution in [1.82, 2.24) is 0 Å². The number of nitriles is 1. The maximum atomic E-state index is 12.3. The molecule has 1 N–H and O–H groups in total. The van der Waals surface area contributed by atoms with Crippen molar-refractivity contribution in [1.29, 1.82) is 5.26 Å². The molecular weight excluding hydrogens is 336 g/mol. The minimum Gasteiger partial charge on any atom is -0.497 e. The maximum absolute atomic E-state index is 12.3. The number of ether oxygens (including phenoxy) is 3. The Hall–Kier alpha value is -3.53. The van der Waals surface area contributed by atoms with Gasteiger partial charge in [-0.2, -0.15) is 5.26 Å². The van der Waals surface area contributed by atoms with Crippen molar-refractivity contribution in [2.45, 2.75) is 13.0 Å². The topological polar surface area (TPSA) is 97.7 Å². The summed E-state index contributed by atoms with van der Waals surface area (Å²) in [5.41, 5.74) is 1.19. The van der Waals surface area contributed by atoms with E-state index in [1.54, 1.807) is 30.3 Å². The first-order valence-corrected chi connectivity index (χ1v) is 7.72. The number of nitrogens with one attached hydrogen (secondary N) is 1. The van der Waals surface area contributed by atoms with Gasteiger partial charge in [0.1, 0.15) is 11.5 Å². The number of hydrogen-bond acceptors (Lipinski definition) is 6. The van der Waals surface area contributed by atoms with Crippen molar-refractivity contribution in [3.8, 4) is 17.6 Å². The molecule has 7 nitrogen and oxygen atoms in total. The lowest BCUT2D eigenvalue weighted by molar-refractivity contribution is -0.123. The lowest BCUT2D eigenvalue weighted by Gasteiger charge is -2.14. The molecule has 0 aliphatic heterocycles. The van der Waals surface area contributed by atoms with Crippen molar-refractivity contribution >= 4 is 17.6 Å². The summed E-state index contributed by atoms with van der Waals surface area (Å²) in [6, 6.07) is 13.0. The predicted octanol–water partition coefficient (Wildman–Crippen LogP) is 2.76. The number of rotatable bonds is 6. The number of esters is 1. The molecule has 2 aromatic carbocycles. The molecule has 0 aliphatic carbocycles. The molecule has 0 spiro atoms. The average molecular weight is 354 g/mol. The molecule has 0 heterocycles. The Balaban J connectivity index is 2.03. The van der Waals surface area contributed by atoms with Crippen molar-refractivity contribution in [2.75, 3.05) is 19.5 Å². The van der Waals surface area contributed by atoms with Gasteiger partial charge in [0, 0.05) is 11.8 Å². The highest BCUT2D eigenvalue weighted by molar-refractivity contribution is 5.97. The van der Waals surface area contributed by atoms with Gasteiger partial charge in [0.25, 0.3) is 5.91 Å². The van der Waals surface area contributed by atoms with Gasteiger partial charge >= 0.3 is 5.97 Å². The van der Waals surface area contributed by atoms with Crippen LogP contribution in [0.15, 0.2) is 42.5 Å². The Morgan fingerprint density at radius 2 is 1.62 bits per heavy atom. The Morgan fingerprint density at radius 1 is 1.04 bits per heavy atom. The maximum Gasteiger partial charge on any atom is 0.339 e. The van der Waals surface area contributed by atoms with E-state index in [0.717, 1.165) is 0 Å². The van der Waals surface area contributed by atoms with Crippen LogP contribution in [0.1, 0.15) is 22.8 Å². The van der Waals surface area contributed by atoms with E-state index in [2.05, 4.69) is 5.32 Å². The molecule has 2 rings (SSSR count). The fourth-order valence-electron chi connectivity index (χ4n) is 2.08. The van der Waals surface area contributed by atoms with Crippen molar-refractivity contribution < 1.29 is 23.8 Å². The van der Waals surface area contributed by atoms with Crippen LogP contribution in [0, 0.1) is 11.3 Å². The fourth-order valence-corrected chi connectivity index (χ4v) is 2.08. The molecule has 1 atom stereocenters. The monoisotopic (exact) mass is 354 g/mol. The van der Waals surface area contributed by atoms with Gasteiger partial charge < -0.3 is 19.5 Å². The second-order valence-corrected chi connectivity index (χ2v) is 5.33. The van der Waals surface area contributed by atoms with Crippen LogP contribution in [0.4, 0.5) is 5.69 Å². The minimum atomic E-state index is -1.02. The van der Waals surface area contributed by atoms with Crippen LogP contribution in [0.25, 0.3) is 0 Å². The third-order valence-corrected chi connectivity index (χ3v) is 3.52. The third kappa shape index (κ3) is 4.74. The quantitative estimate of drug-likeness (QED) is 0.801. The Morgan fingerprint density at radius 3 is 2.12 bits per heavy atom. The van der Waals surface area contributed by atoms with E-state index in [0.29, 0.717) is 22.7 Å². The van der Waals surface area contributed by atoms with Crippen LogP contribution < -0.4 is 14.8 Å². The Bertz CT molecular complexity index is 818. The van der Waals surface area contributed by atoms with Crippen molar-refractivity contribution in [3.63, 3.8) is 0 Å². The summed E-state index contributed by atoms with van der Waals surface area (Å²) in [5, 5.41) is 11.4. The first kappa shape index (κ1) is 18.8. The summed E-state index contributed by atoms with van der Waals surface area (Å²) in [7, 11) is 2.94. The molecule has 0 unspecified atom stereocenters. The average Bonchev–Trinajstić information content (AvgIpc) is 2.67. The molecule has 0 aromatic heterocycles. The number of hydrogen-bond donors (Lipinski definition) is 1. The van der Waals surface area contributed by atoms with E-state index >= 15 is 0 Å². The normalized spacial score (nSPS) is 11.0. The number of anilines is 1. The van der Waals surface area contributed by atoms with Crippen LogP contribution >= 0.6 is 0 Å². The Labute approximate surface area is 151 Å². The molecule has 2 aromatic rings. The fraction of sp³-hybridized carbons (Fsp3) is 0.211. The molecule has 0 saturated heterocycles. The highest BCUT2D eigenvalue weighted by Crippen LogP contribution is 2.23. The molecular formula is C19H18N2O5. The van der Waals surface area contributed by atoms with Crippen LogP contribution in [-0.4, -0.2) is 32.2 Å². The standard InChI is InChI=1S/C19H18N2O5/c1-12(18(22)21-15-6-4-13(11-20)5-7-15)26-19(23)14-8-16(24-2)10-17(9-14)25-3/h4-10,12H,1-3H3,(H,21,22)/t12-/m0/s1.